The highest BCUT2D eigenvalue weighted by Gasteiger charge is 2.45. The van der Waals surface area contributed by atoms with Gasteiger partial charge in [-0.05, 0) is 49.3 Å². The van der Waals surface area contributed by atoms with Crippen LogP contribution in [0.1, 0.15) is 25.7 Å². The molecular weight excluding hydrogens is 395 g/mol. The van der Waals surface area contributed by atoms with Crippen molar-refractivity contribution in [3.05, 3.63) is 28.2 Å². The van der Waals surface area contributed by atoms with Gasteiger partial charge in [-0.1, -0.05) is 29.6 Å². The van der Waals surface area contributed by atoms with Gasteiger partial charge in [0.2, 0.25) is 15.9 Å². The van der Waals surface area contributed by atoms with Crippen molar-refractivity contribution in [2.75, 3.05) is 26.2 Å². The summed E-state index contributed by atoms with van der Waals surface area (Å²) in [5.74, 6) is 1.66. The van der Waals surface area contributed by atoms with Gasteiger partial charge >= 0.3 is 0 Å². The molecule has 8 heteroatoms. The molecule has 1 aromatic rings. The Morgan fingerprint density at radius 1 is 1.00 bits per heavy atom. The second-order valence-corrected chi connectivity index (χ2v) is 10.3. The van der Waals surface area contributed by atoms with Gasteiger partial charge in [-0.25, -0.2) is 8.42 Å². The molecular formula is C18H22Cl2N2O3S. The first-order valence-electron chi connectivity index (χ1n) is 9.10. The van der Waals surface area contributed by atoms with Crippen LogP contribution in [0.5, 0.6) is 0 Å². The van der Waals surface area contributed by atoms with Crippen LogP contribution in [-0.2, 0) is 14.8 Å². The molecule has 1 heterocycles. The van der Waals surface area contributed by atoms with E-state index in [9.17, 15) is 13.2 Å². The Hall–Kier alpha value is -0.820. The zero-order valence-corrected chi connectivity index (χ0v) is 16.7. The van der Waals surface area contributed by atoms with E-state index < -0.39 is 10.0 Å². The van der Waals surface area contributed by atoms with Crippen LogP contribution in [0.2, 0.25) is 10.0 Å². The molecule has 1 amide bonds. The summed E-state index contributed by atoms with van der Waals surface area (Å²) in [4.78, 5) is 14.8. The molecule has 26 heavy (non-hydrogen) atoms. The Morgan fingerprint density at radius 3 is 2.31 bits per heavy atom. The summed E-state index contributed by atoms with van der Waals surface area (Å²) in [5, 5.41) is 0.546. The number of fused-ring (bicyclic) bond motifs is 2. The van der Waals surface area contributed by atoms with E-state index in [1.807, 2.05) is 4.90 Å². The van der Waals surface area contributed by atoms with Gasteiger partial charge in [-0.15, -0.1) is 0 Å². The number of carbonyl (C=O) groups is 1. The predicted molar refractivity (Wildman–Crippen MR) is 101 cm³/mol. The number of carbonyl (C=O) groups excluding carboxylic acids is 1. The predicted octanol–water partition coefficient (Wildman–Crippen LogP) is 3.26. The van der Waals surface area contributed by atoms with Gasteiger partial charge in [-0.2, -0.15) is 4.31 Å². The van der Waals surface area contributed by atoms with Crippen LogP contribution >= 0.6 is 23.2 Å². The Bertz CT molecular complexity index is 822. The van der Waals surface area contributed by atoms with Crippen molar-refractivity contribution >= 4 is 39.1 Å². The molecule has 1 saturated heterocycles. The summed E-state index contributed by atoms with van der Waals surface area (Å²) in [7, 11) is -3.63. The summed E-state index contributed by atoms with van der Waals surface area (Å²) in [5.41, 5.74) is 0. The van der Waals surface area contributed by atoms with Crippen LogP contribution in [-0.4, -0.2) is 49.7 Å². The third kappa shape index (κ3) is 3.26. The van der Waals surface area contributed by atoms with E-state index in [0.29, 0.717) is 37.1 Å². The van der Waals surface area contributed by atoms with E-state index in [0.717, 1.165) is 12.3 Å². The Balaban J connectivity index is 1.41. The number of piperazine rings is 1. The fourth-order valence-electron chi connectivity index (χ4n) is 4.72. The number of nitrogens with zero attached hydrogens (tertiary/aromatic N) is 2. The molecule has 1 aliphatic heterocycles. The van der Waals surface area contributed by atoms with Gasteiger partial charge in [0.1, 0.15) is 0 Å². The zero-order chi connectivity index (χ0) is 18.5. The minimum absolute atomic E-state index is 0.139. The van der Waals surface area contributed by atoms with Crippen molar-refractivity contribution in [3.8, 4) is 0 Å². The van der Waals surface area contributed by atoms with E-state index in [1.54, 1.807) is 0 Å². The molecule has 2 saturated carbocycles. The summed E-state index contributed by atoms with van der Waals surface area (Å²) >= 11 is 11.8. The number of hydrogen-bond acceptors (Lipinski definition) is 3. The van der Waals surface area contributed by atoms with Crippen LogP contribution in [0.25, 0.3) is 0 Å². The number of amides is 1. The SMILES string of the molecule is O=C([C@H]1C[C@H]2CC[C@H]1C2)N1CCN(S(=O)(=O)c2ccc(Cl)c(Cl)c2)CC1. The third-order valence-electron chi connectivity index (χ3n) is 6.13. The summed E-state index contributed by atoms with van der Waals surface area (Å²) < 4.78 is 27.0. The molecule has 0 aromatic heterocycles. The van der Waals surface area contributed by atoms with Crippen LogP contribution in [0.4, 0.5) is 0 Å². The first-order valence-corrected chi connectivity index (χ1v) is 11.3. The number of hydrogen-bond donors (Lipinski definition) is 0. The minimum atomic E-state index is -3.63. The molecule has 3 aliphatic rings. The van der Waals surface area contributed by atoms with E-state index in [2.05, 4.69) is 0 Å². The lowest BCUT2D eigenvalue weighted by molar-refractivity contribution is -0.138. The first kappa shape index (κ1) is 18.5. The summed E-state index contributed by atoms with van der Waals surface area (Å²) in [6, 6.07) is 4.34. The Kier molecular flexibility index (Phi) is 4.97. The number of benzene rings is 1. The van der Waals surface area contributed by atoms with E-state index in [1.165, 1.54) is 41.8 Å². The topological polar surface area (TPSA) is 57.7 Å². The molecule has 0 unspecified atom stereocenters. The molecule has 1 aromatic carbocycles. The van der Waals surface area contributed by atoms with Gasteiger partial charge in [0.15, 0.2) is 0 Å². The van der Waals surface area contributed by atoms with Crippen LogP contribution in [0, 0.1) is 17.8 Å². The largest absolute Gasteiger partial charge is 0.340 e. The zero-order valence-electron chi connectivity index (χ0n) is 14.4. The van der Waals surface area contributed by atoms with Crippen LogP contribution in [0.3, 0.4) is 0 Å². The number of sulfonamides is 1. The molecule has 0 N–H and O–H groups in total. The van der Waals surface area contributed by atoms with Crippen molar-refractivity contribution in [1.29, 1.82) is 0 Å². The highest BCUT2D eigenvalue weighted by molar-refractivity contribution is 7.89. The van der Waals surface area contributed by atoms with E-state index in [-0.39, 0.29) is 21.7 Å². The average molecular weight is 417 g/mol. The fraction of sp³-hybridized carbons (Fsp3) is 0.611. The highest BCUT2D eigenvalue weighted by atomic mass is 35.5. The number of rotatable bonds is 3. The van der Waals surface area contributed by atoms with E-state index in [4.69, 9.17) is 23.2 Å². The van der Waals surface area contributed by atoms with Gasteiger partial charge in [0.05, 0.1) is 14.9 Å². The monoisotopic (exact) mass is 416 g/mol. The van der Waals surface area contributed by atoms with Gasteiger partial charge in [0.25, 0.3) is 0 Å². The highest BCUT2D eigenvalue weighted by Crippen LogP contribution is 2.49. The maximum Gasteiger partial charge on any atom is 0.243 e. The van der Waals surface area contributed by atoms with Gasteiger partial charge in [-0.3, -0.25) is 4.79 Å². The lowest BCUT2D eigenvalue weighted by atomic mass is 9.87. The molecule has 3 atom stereocenters. The van der Waals surface area contributed by atoms with E-state index >= 15 is 0 Å². The number of halogens is 2. The fourth-order valence-corrected chi connectivity index (χ4v) is 6.53. The molecule has 0 radical (unpaired) electrons. The first-order chi connectivity index (χ1) is 12.4. The van der Waals surface area contributed by atoms with Crippen LogP contribution in [0.15, 0.2) is 23.1 Å². The molecule has 5 nitrogen and oxygen atoms in total. The van der Waals surface area contributed by atoms with Crippen molar-refractivity contribution in [1.82, 2.24) is 9.21 Å². The quantitative estimate of drug-likeness (QED) is 0.759. The Morgan fingerprint density at radius 2 is 1.73 bits per heavy atom. The normalized spacial score (nSPS) is 29.3. The second-order valence-electron chi connectivity index (χ2n) is 7.59. The molecule has 3 fully saturated rings. The van der Waals surface area contributed by atoms with Crippen molar-refractivity contribution in [3.63, 3.8) is 0 Å². The van der Waals surface area contributed by atoms with Crippen molar-refractivity contribution in [2.24, 2.45) is 17.8 Å². The van der Waals surface area contributed by atoms with Crippen molar-refractivity contribution < 1.29 is 13.2 Å². The summed E-state index contributed by atoms with van der Waals surface area (Å²) in [6.45, 7) is 1.53. The lowest BCUT2D eigenvalue weighted by Crippen LogP contribution is -2.52. The maximum atomic E-state index is 12.8. The van der Waals surface area contributed by atoms with Gasteiger partial charge < -0.3 is 4.90 Å². The lowest BCUT2D eigenvalue weighted by Gasteiger charge is -2.36. The Labute approximate surface area is 164 Å². The molecule has 2 bridgehead atoms. The molecule has 142 valence electrons. The maximum absolute atomic E-state index is 12.8. The third-order valence-corrected chi connectivity index (χ3v) is 8.77. The standard InChI is InChI=1S/C18H22Cl2N2O3S/c19-16-4-3-14(11-17(16)20)26(24,25)22-7-5-21(6-8-22)18(23)15-10-12-1-2-13(15)9-12/h3-4,11-13,15H,1-2,5-10H2/t12-,13-,15-/m0/s1. The second kappa shape index (κ2) is 6.97. The molecule has 0 spiro atoms. The summed E-state index contributed by atoms with van der Waals surface area (Å²) in [6.07, 6.45) is 4.66. The van der Waals surface area contributed by atoms with Crippen molar-refractivity contribution in [2.45, 2.75) is 30.6 Å². The van der Waals surface area contributed by atoms with Crippen LogP contribution < -0.4 is 0 Å². The minimum Gasteiger partial charge on any atom is -0.340 e. The molecule has 4 rings (SSSR count). The van der Waals surface area contributed by atoms with Gasteiger partial charge in [0, 0.05) is 32.1 Å². The average Bonchev–Trinajstić information content (AvgIpc) is 3.27. The molecule has 2 aliphatic carbocycles. The smallest absolute Gasteiger partial charge is 0.243 e.